The minimum absolute atomic E-state index is 0.0495. The van der Waals surface area contributed by atoms with Crippen LogP contribution in [0, 0.1) is 0 Å². The molecule has 0 saturated carbocycles. The van der Waals surface area contributed by atoms with Gasteiger partial charge in [-0.2, -0.15) is 0 Å². The van der Waals surface area contributed by atoms with Gasteiger partial charge in [-0.05, 0) is 54.3 Å². The number of urea groups is 1. The van der Waals surface area contributed by atoms with Gasteiger partial charge in [0.25, 0.3) is 0 Å². The Kier molecular flexibility index (Phi) is 9.72. The number of nitrogens with zero attached hydrogens (tertiary/aromatic N) is 4. The van der Waals surface area contributed by atoms with Crippen LogP contribution in [0.1, 0.15) is 19.3 Å². The lowest BCUT2D eigenvalue weighted by Gasteiger charge is -2.37. The molecular formula is C30H37N7O5S. The SMILES string of the molecule is O=C(CNS(=O)(=O)c1ccc2ccccc2c1)NCC(NC(=O)N1CCN(c2ccncc2)CC1)C(=O)N1CCCCC1. The van der Waals surface area contributed by atoms with Gasteiger partial charge in [0, 0.05) is 63.9 Å². The average molecular weight is 608 g/mol. The van der Waals surface area contributed by atoms with Crippen LogP contribution in [0.5, 0.6) is 0 Å². The van der Waals surface area contributed by atoms with Crippen LogP contribution in [0.25, 0.3) is 10.8 Å². The van der Waals surface area contributed by atoms with Gasteiger partial charge in [-0.1, -0.05) is 30.3 Å². The number of pyridine rings is 1. The number of likely N-dealkylation sites (tertiary alicyclic amines) is 1. The van der Waals surface area contributed by atoms with Gasteiger partial charge in [-0.25, -0.2) is 17.9 Å². The van der Waals surface area contributed by atoms with E-state index in [-0.39, 0.29) is 23.4 Å². The molecule has 1 unspecified atom stereocenters. The van der Waals surface area contributed by atoms with E-state index in [1.807, 2.05) is 36.4 Å². The van der Waals surface area contributed by atoms with Crippen molar-refractivity contribution in [2.75, 3.05) is 57.3 Å². The van der Waals surface area contributed by atoms with Crippen LogP contribution >= 0.6 is 0 Å². The number of amides is 4. The van der Waals surface area contributed by atoms with E-state index in [0.29, 0.717) is 39.3 Å². The van der Waals surface area contributed by atoms with Gasteiger partial charge in [0.15, 0.2) is 0 Å². The molecule has 0 spiro atoms. The van der Waals surface area contributed by atoms with E-state index in [9.17, 15) is 22.8 Å². The number of nitrogens with one attached hydrogen (secondary N) is 3. The molecule has 4 amide bonds. The highest BCUT2D eigenvalue weighted by Crippen LogP contribution is 2.19. The maximum Gasteiger partial charge on any atom is 0.318 e. The van der Waals surface area contributed by atoms with Crippen molar-refractivity contribution in [3.63, 3.8) is 0 Å². The zero-order valence-electron chi connectivity index (χ0n) is 23.9. The van der Waals surface area contributed by atoms with E-state index >= 15 is 0 Å². The molecule has 0 aliphatic carbocycles. The second-order valence-electron chi connectivity index (χ2n) is 10.7. The van der Waals surface area contributed by atoms with Crippen molar-refractivity contribution in [1.29, 1.82) is 0 Å². The molecule has 0 radical (unpaired) electrons. The Hall–Kier alpha value is -4.23. The zero-order valence-corrected chi connectivity index (χ0v) is 24.8. The standard InChI is InChI=1S/C30H37N7O5S/c38-28(22-33-43(41,42)26-9-8-23-6-2-3-7-24(23)20-26)32-21-27(29(39)36-14-4-1-5-15-36)34-30(40)37-18-16-35(17-19-37)25-10-12-31-13-11-25/h2-3,6-13,20,27,33H,1,4-5,14-19,21-22H2,(H,32,38)(H,34,40). The predicted molar refractivity (Wildman–Crippen MR) is 163 cm³/mol. The number of fused-ring (bicyclic) bond motifs is 1. The van der Waals surface area contributed by atoms with E-state index in [1.54, 1.807) is 34.3 Å². The summed E-state index contributed by atoms with van der Waals surface area (Å²) in [6, 6.07) is 14.6. The smallest absolute Gasteiger partial charge is 0.318 e. The van der Waals surface area contributed by atoms with Gasteiger partial charge in [-0.3, -0.25) is 14.6 Å². The van der Waals surface area contributed by atoms with Crippen molar-refractivity contribution in [1.82, 2.24) is 30.1 Å². The Labute approximate surface area is 251 Å². The second-order valence-corrected chi connectivity index (χ2v) is 12.5. The average Bonchev–Trinajstić information content (AvgIpc) is 3.06. The predicted octanol–water partition coefficient (Wildman–Crippen LogP) is 1.54. The first-order chi connectivity index (χ1) is 20.8. The molecule has 2 saturated heterocycles. The summed E-state index contributed by atoms with van der Waals surface area (Å²) in [7, 11) is -3.95. The van der Waals surface area contributed by atoms with E-state index in [1.165, 1.54) is 6.07 Å². The van der Waals surface area contributed by atoms with Crippen molar-refractivity contribution >= 4 is 44.3 Å². The number of carbonyl (C=O) groups is 3. The summed E-state index contributed by atoms with van der Waals surface area (Å²) in [6.07, 6.45) is 6.26. The maximum atomic E-state index is 13.4. The monoisotopic (exact) mass is 607 g/mol. The molecule has 1 atom stereocenters. The number of rotatable bonds is 9. The molecule has 3 heterocycles. The van der Waals surface area contributed by atoms with E-state index in [4.69, 9.17) is 0 Å². The number of sulfonamides is 1. The highest BCUT2D eigenvalue weighted by molar-refractivity contribution is 7.89. The van der Waals surface area contributed by atoms with Gasteiger partial charge in [-0.15, -0.1) is 0 Å². The van der Waals surface area contributed by atoms with Gasteiger partial charge in [0.2, 0.25) is 21.8 Å². The Bertz CT molecular complexity index is 1540. The zero-order chi connectivity index (χ0) is 30.2. The minimum atomic E-state index is -3.95. The topological polar surface area (TPSA) is 144 Å². The maximum absolute atomic E-state index is 13.4. The van der Waals surface area contributed by atoms with Gasteiger partial charge >= 0.3 is 6.03 Å². The summed E-state index contributed by atoms with van der Waals surface area (Å²) in [5.41, 5.74) is 1.03. The summed E-state index contributed by atoms with van der Waals surface area (Å²) in [5.74, 6) is -0.874. The van der Waals surface area contributed by atoms with Crippen LogP contribution in [0.15, 0.2) is 71.9 Å². The summed E-state index contributed by atoms with van der Waals surface area (Å²) in [4.78, 5) is 48.9. The Morgan fingerprint density at radius 1 is 0.814 bits per heavy atom. The first-order valence-electron chi connectivity index (χ1n) is 14.5. The molecule has 5 rings (SSSR count). The molecular weight excluding hydrogens is 570 g/mol. The van der Waals surface area contributed by atoms with Crippen molar-refractivity contribution in [3.8, 4) is 0 Å². The number of carbonyl (C=O) groups excluding carboxylic acids is 3. The van der Waals surface area contributed by atoms with Crippen LogP contribution in [0.2, 0.25) is 0 Å². The molecule has 3 N–H and O–H groups in total. The van der Waals surface area contributed by atoms with Crippen LogP contribution in [-0.4, -0.2) is 99.4 Å². The summed E-state index contributed by atoms with van der Waals surface area (Å²) >= 11 is 0. The van der Waals surface area contributed by atoms with Crippen molar-refractivity contribution in [3.05, 3.63) is 67.0 Å². The fourth-order valence-electron chi connectivity index (χ4n) is 5.35. The first-order valence-corrected chi connectivity index (χ1v) is 16.0. The molecule has 43 heavy (non-hydrogen) atoms. The number of benzene rings is 2. The Balaban J connectivity index is 1.17. The Morgan fingerprint density at radius 2 is 1.51 bits per heavy atom. The lowest BCUT2D eigenvalue weighted by molar-refractivity contribution is -0.134. The minimum Gasteiger partial charge on any atom is -0.368 e. The fourth-order valence-corrected chi connectivity index (χ4v) is 6.37. The van der Waals surface area contributed by atoms with Crippen LogP contribution < -0.4 is 20.3 Å². The number of piperazine rings is 1. The summed E-state index contributed by atoms with van der Waals surface area (Å²) in [5, 5.41) is 7.13. The summed E-state index contributed by atoms with van der Waals surface area (Å²) < 4.78 is 28.0. The number of hydrogen-bond acceptors (Lipinski definition) is 7. The molecule has 1 aromatic heterocycles. The highest BCUT2D eigenvalue weighted by atomic mass is 32.2. The molecule has 2 aromatic carbocycles. The van der Waals surface area contributed by atoms with Gasteiger partial charge in [0.1, 0.15) is 6.04 Å². The third kappa shape index (κ3) is 7.79. The third-order valence-corrected chi connectivity index (χ3v) is 9.21. The van der Waals surface area contributed by atoms with Gasteiger partial charge in [0.05, 0.1) is 11.4 Å². The van der Waals surface area contributed by atoms with Crippen molar-refractivity contribution in [2.24, 2.45) is 0 Å². The van der Waals surface area contributed by atoms with Crippen LogP contribution in [0.4, 0.5) is 10.5 Å². The molecule has 228 valence electrons. The van der Waals surface area contributed by atoms with E-state index in [0.717, 1.165) is 35.7 Å². The fraction of sp³-hybridized carbons (Fsp3) is 0.400. The lowest BCUT2D eigenvalue weighted by Crippen LogP contribution is -2.59. The normalized spacial score (nSPS) is 16.5. The van der Waals surface area contributed by atoms with Crippen LogP contribution in [-0.2, 0) is 19.6 Å². The molecule has 2 aliphatic heterocycles. The first kappa shape index (κ1) is 30.2. The number of hydrogen-bond donors (Lipinski definition) is 3. The highest BCUT2D eigenvalue weighted by Gasteiger charge is 2.30. The molecule has 13 heteroatoms. The number of anilines is 1. The number of piperidine rings is 1. The molecule has 0 bridgehead atoms. The van der Waals surface area contributed by atoms with Crippen molar-refractivity contribution in [2.45, 2.75) is 30.2 Å². The quantitative estimate of drug-likeness (QED) is 0.335. The summed E-state index contributed by atoms with van der Waals surface area (Å²) in [6.45, 7) is 2.74. The van der Waals surface area contributed by atoms with E-state index < -0.39 is 28.5 Å². The molecule has 2 aliphatic rings. The second kappa shape index (κ2) is 13.8. The number of aromatic nitrogens is 1. The van der Waals surface area contributed by atoms with Crippen LogP contribution in [0.3, 0.4) is 0 Å². The lowest BCUT2D eigenvalue weighted by atomic mass is 10.1. The van der Waals surface area contributed by atoms with Crippen molar-refractivity contribution < 1.29 is 22.8 Å². The molecule has 3 aromatic rings. The molecule has 2 fully saturated rings. The van der Waals surface area contributed by atoms with E-state index in [2.05, 4.69) is 25.2 Å². The third-order valence-electron chi connectivity index (χ3n) is 7.82. The largest absolute Gasteiger partial charge is 0.368 e. The van der Waals surface area contributed by atoms with Gasteiger partial charge < -0.3 is 25.3 Å². The molecule has 12 nitrogen and oxygen atoms in total. The Morgan fingerprint density at radius 3 is 2.23 bits per heavy atom.